The Hall–Kier alpha value is -2.74. The molecule has 0 unspecified atom stereocenters. The molecule has 0 amide bonds. The number of benzene rings is 1. The number of hydrogen-bond acceptors (Lipinski definition) is 4. The number of fused-ring (bicyclic) bond motifs is 3. The summed E-state index contributed by atoms with van der Waals surface area (Å²) < 4.78 is 7.45. The third-order valence-electron chi connectivity index (χ3n) is 4.45. The van der Waals surface area contributed by atoms with Crippen molar-refractivity contribution in [2.24, 2.45) is 5.41 Å². The molecule has 0 spiro atoms. The molecule has 2 aromatic heterocycles. The lowest BCUT2D eigenvalue weighted by molar-refractivity contribution is 0.217. The highest BCUT2D eigenvalue weighted by molar-refractivity contribution is 6.08. The number of anilines is 1. The predicted octanol–water partition coefficient (Wildman–Crippen LogP) is 4.37. The first-order valence-electron chi connectivity index (χ1n) is 8.33. The molecular formula is C20H23N3O2. The van der Waals surface area contributed by atoms with E-state index in [1.54, 1.807) is 16.7 Å². The fraction of sp³-hybridized carbons (Fsp3) is 0.400. The minimum Gasteiger partial charge on any atom is -0.405 e. The molecule has 0 bridgehead atoms. The van der Waals surface area contributed by atoms with Gasteiger partial charge in [-0.05, 0) is 31.7 Å². The molecule has 25 heavy (non-hydrogen) atoms. The van der Waals surface area contributed by atoms with Gasteiger partial charge in [-0.15, -0.1) is 0 Å². The summed E-state index contributed by atoms with van der Waals surface area (Å²) in [6.45, 7) is 10.5. The van der Waals surface area contributed by atoms with Crippen molar-refractivity contribution in [1.29, 1.82) is 5.26 Å². The van der Waals surface area contributed by atoms with Crippen LogP contribution in [0.2, 0.25) is 0 Å². The molecule has 0 radical (unpaired) electrons. The van der Waals surface area contributed by atoms with Crippen molar-refractivity contribution in [1.82, 2.24) is 4.57 Å². The van der Waals surface area contributed by atoms with Gasteiger partial charge in [0.15, 0.2) is 0 Å². The number of nitrogens with zero attached hydrogens (tertiary/aromatic N) is 2. The zero-order valence-electron chi connectivity index (χ0n) is 15.3. The number of nitriles is 1. The lowest BCUT2D eigenvalue weighted by Crippen LogP contribution is -2.32. The van der Waals surface area contributed by atoms with Crippen molar-refractivity contribution in [3.8, 4) is 6.07 Å². The molecule has 0 saturated heterocycles. The summed E-state index contributed by atoms with van der Waals surface area (Å²) in [7, 11) is 0. The first-order valence-corrected chi connectivity index (χ1v) is 8.33. The zero-order chi connectivity index (χ0) is 18.6. The van der Waals surface area contributed by atoms with E-state index in [1.807, 2.05) is 26.0 Å². The van der Waals surface area contributed by atoms with Gasteiger partial charge in [0.2, 0.25) is 5.71 Å². The normalized spacial score (nSPS) is 12.6. The highest BCUT2D eigenvalue weighted by Gasteiger charge is 2.33. The van der Waals surface area contributed by atoms with E-state index >= 15 is 0 Å². The van der Waals surface area contributed by atoms with Crippen molar-refractivity contribution in [2.45, 2.75) is 46.6 Å². The molecule has 2 heterocycles. The molecule has 0 atom stereocenters. The SMILES string of the molecule is CC(C)(C)CC(C)(C)n1c(N)c(C#N)c2c3ccccc3c(=O)oc21. The van der Waals surface area contributed by atoms with Crippen LogP contribution in [0.3, 0.4) is 0 Å². The summed E-state index contributed by atoms with van der Waals surface area (Å²) in [6.07, 6.45) is 0.801. The van der Waals surface area contributed by atoms with Gasteiger partial charge in [-0.1, -0.05) is 39.0 Å². The second-order valence-electron chi connectivity index (χ2n) is 8.37. The smallest absolute Gasteiger partial charge is 0.345 e. The van der Waals surface area contributed by atoms with Crippen LogP contribution in [-0.2, 0) is 5.54 Å². The van der Waals surface area contributed by atoms with E-state index in [0.717, 1.165) is 6.42 Å². The Balaban J connectivity index is 2.49. The molecule has 5 nitrogen and oxygen atoms in total. The molecule has 3 aromatic rings. The molecule has 5 heteroatoms. The number of nitrogens with two attached hydrogens (primary N) is 1. The highest BCUT2D eigenvalue weighted by Crippen LogP contribution is 2.40. The minimum absolute atomic E-state index is 0.0382. The van der Waals surface area contributed by atoms with Crippen molar-refractivity contribution >= 4 is 27.7 Å². The fourth-order valence-corrected chi connectivity index (χ4v) is 4.03. The summed E-state index contributed by atoms with van der Waals surface area (Å²) in [5.41, 5.74) is 6.27. The quantitative estimate of drug-likeness (QED) is 0.752. The summed E-state index contributed by atoms with van der Waals surface area (Å²) in [6, 6.07) is 9.35. The second-order valence-corrected chi connectivity index (χ2v) is 8.37. The van der Waals surface area contributed by atoms with Crippen molar-refractivity contribution in [3.05, 3.63) is 40.2 Å². The lowest BCUT2D eigenvalue weighted by atomic mass is 9.81. The zero-order valence-corrected chi connectivity index (χ0v) is 15.3. The van der Waals surface area contributed by atoms with Crippen LogP contribution in [0.25, 0.3) is 21.9 Å². The van der Waals surface area contributed by atoms with E-state index in [-0.39, 0.29) is 5.41 Å². The van der Waals surface area contributed by atoms with E-state index in [1.165, 1.54) is 0 Å². The Morgan fingerprint density at radius 1 is 1.16 bits per heavy atom. The summed E-state index contributed by atoms with van der Waals surface area (Å²) >= 11 is 0. The summed E-state index contributed by atoms with van der Waals surface area (Å²) in [5, 5.41) is 11.5. The lowest BCUT2D eigenvalue weighted by Gasteiger charge is -2.34. The molecule has 130 valence electrons. The first kappa shape index (κ1) is 17.1. The number of nitrogen functional groups attached to an aromatic ring is 1. The van der Waals surface area contributed by atoms with E-state index in [2.05, 4.69) is 26.8 Å². The Bertz CT molecular complexity index is 1070. The van der Waals surface area contributed by atoms with Gasteiger partial charge in [0, 0.05) is 10.9 Å². The van der Waals surface area contributed by atoms with E-state index < -0.39 is 11.2 Å². The van der Waals surface area contributed by atoms with Gasteiger partial charge in [0.05, 0.1) is 10.8 Å². The molecular weight excluding hydrogens is 314 g/mol. The van der Waals surface area contributed by atoms with Crippen LogP contribution in [0.4, 0.5) is 5.82 Å². The van der Waals surface area contributed by atoms with Crippen molar-refractivity contribution < 1.29 is 4.42 Å². The van der Waals surface area contributed by atoms with Crippen LogP contribution in [0.5, 0.6) is 0 Å². The Labute approximate surface area is 146 Å². The molecule has 0 aliphatic rings. The second kappa shape index (κ2) is 5.38. The molecule has 1 aromatic carbocycles. The maximum absolute atomic E-state index is 12.5. The van der Waals surface area contributed by atoms with E-state index in [0.29, 0.717) is 33.3 Å². The van der Waals surface area contributed by atoms with Crippen LogP contribution in [0.1, 0.15) is 46.6 Å². The standard InChI is InChI=1S/C20H23N3O2/c1-19(2,3)11-20(4,5)23-16(22)14(10-21)15-12-8-6-7-9-13(12)18(24)25-17(15)23/h6-9H,11,22H2,1-5H3. The summed E-state index contributed by atoms with van der Waals surface area (Å²) in [5.74, 6) is 0.339. The van der Waals surface area contributed by atoms with Crippen LogP contribution in [0, 0.1) is 16.7 Å². The topological polar surface area (TPSA) is 85.0 Å². The van der Waals surface area contributed by atoms with Gasteiger partial charge in [-0.3, -0.25) is 4.57 Å². The maximum Gasteiger partial charge on any atom is 0.345 e. The van der Waals surface area contributed by atoms with Gasteiger partial charge in [0.1, 0.15) is 17.5 Å². The largest absolute Gasteiger partial charge is 0.405 e. The monoisotopic (exact) mass is 337 g/mol. The van der Waals surface area contributed by atoms with Gasteiger partial charge < -0.3 is 10.2 Å². The molecule has 0 fully saturated rings. The van der Waals surface area contributed by atoms with Crippen LogP contribution >= 0.6 is 0 Å². The molecule has 3 rings (SSSR count). The number of hydrogen-bond donors (Lipinski definition) is 1. The Kier molecular flexibility index (Phi) is 3.68. The molecule has 0 aliphatic heterocycles. The number of aromatic nitrogens is 1. The van der Waals surface area contributed by atoms with Gasteiger partial charge in [-0.25, -0.2) is 4.79 Å². The predicted molar refractivity (Wildman–Crippen MR) is 101 cm³/mol. The third kappa shape index (κ3) is 2.68. The third-order valence-corrected chi connectivity index (χ3v) is 4.45. The molecule has 0 saturated carbocycles. The summed E-state index contributed by atoms with van der Waals surface area (Å²) in [4.78, 5) is 12.5. The van der Waals surface area contributed by atoms with Gasteiger partial charge in [-0.2, -0.15) is 5.26 Å². The first-order chi connectivity index (χ1) is 11.6. The number of rotatable bonds is 2. The van der Waals surface area contributed by atoms with Gasteiger partial charge in [0.25, 0.3) is 0 Å². The Morgan fingerprint density at radius 3 is 2.32 bits per heavy atom. The molecule has 0 aliphatic carbocycles. The van der Waals surface area contributed by atoms with Gasteiger partial charge >= 0.3 is 5.63 Å². The highest BCUT2D eigenvalue weighted by atomic mass is 16.4. The van der Waals surface area contributed by atoms with Crippen LogP contribution in [0.15, 0.2) is 33.5 Å². The maximum atomic E-state index is 12.5. The van der Waals surface area contributed by atoms with Crippen LogP contribution in [-0.4, -0.2) is 4.57 Å². The Morgan fingerprint density at radius 2 is 1.76 bits per heavy atom. The average Bonchev–Trinajstić information content (AvgIpc) is 2.77. The average molecular weight is 337 g/mol. The minimum atomic E-state index is -0.423. The van der Waals surface area contributed by atoms with E-state index in [9.17, 15) is 10.1 Å². The molecule has 2 N–H and O–H groups in total. The van der Waals surface area contributed by atoms with E-state index in [4.69, 9.17) is 10.2 Å². The van der Waals surface area contributed by atoms with Crippen molar-refractivity contribution in [2.75, 3.05) is 5.73 Å². The fourth-order valence-electron chi connectivity index (χ4n) is 4.03. The van der Waals surface area contributed by atoms with Crippen molar-refractivity contribution in [3.63, 3.8) is 0 Å². The van der Waals surface area contributed by atoms with Crippen LogP contribution < -0.4 is 11.4 Å².